The molecule has 148 valence electrons. The van der Waals surface area contributed by atoms with E-state index < -0.39 is 0 Å². The minimum absolute atomic E-state index is 0.0540. The van der Waals surface area contributed by atoms with Crippen LogP contribution in [-0.2, 0) is 11.3 Å². The summed E-state index contributed by atoms with van der Waals surface area (Å²) in [5.41, 5.74) is 2.48. The zero-order valence-electron chi connectivity index (χ0n) is 16.4. The Morgan fingerprint density at radius 2 is 2.00 bits per heavy atom. The summed E-state index contributed by atoms with van der Waals surface area (Å²) in [5, 5.41) is 0. The molecule has 2 amide bonds. The molecule has 0 saturated carbocycles. The molecule has 2 aliphatic heterocycles. The van der Waals surface area contributed by atoms with Gasteiger partial charge < -0.3 is 14.8 Å². The maximum Gasteiger partial charge on any atom is 0.289 e. The highest BCUT2D eigenvalue weighted by Gasteiger charge is 2.43. The van der Waals surface area contributed by atoms with Crippen molar-refractivity contribution in [1.29, 1.82) is 0 Å². The van der Waals surface area contributed by atoms with Gasteiger partial charge in [0.1, 0.15) is 0 Å². The number of aromatic amines is 1. The Bertz CT molecular complexity index is 877. The number of hydrogen-bond acceptors (Lipinski definition) is 5. The molecule has 4 heterocycles. The Kier molecular flexibility index (Phi) is 4.87. The average molecular weight is 382 g/mol. The van der Waals surface area contributed by atoms with Crippen molar-refractivity contribution in [3.05, 3.63) is 41.5 Å². The number of H-pyrrole nitrogens is 1. The zero-order chi connectivity index (χ0) is 19.7. The number of aromatic nitrogens is 4. The molecular weight excluding hydrogens is 356 g/mol. The van der Waals surface area contributed by atoms with Crippen LogP contribution in [0.5, 0.6) is 0 Å². The molecule has 2 aliphatic rings. The average Bonchev–Trinajstić information content (AvgIpc) is 3.13. The van der Waals surface area contributed by atoms with Gasteiger partial charge in [0.15, 0.2) is 5.82 Å². The van der Waals surface area contributed by atoms with E-state index in [4.69, 9.17) is 0 Å². The van der Waals surface area contributed by atoms with Crippen molar-refractivity contribution in [2.45, 2.75) is 46.1 Å². The maximum absolute atomic E-state index is 12.8. The molecule has 28 heavy (non-hydrogen) atoms. The number of rotatable bonds is 3. The van der Waals surface area contributed by atoms with E-state index >= 15 is 0 Å². The Labute approximate surface area is 164 Å². The molecule has 2 aromatic rings. The third-order valence-electron chi connectivity index (χ3n) is 5.79. The fourth-order valence-corrected chi connectivity index (χ4v) is 4.33. The van der Waals surface area contributed by atoms with Gasteiger partial charge in [-0.2, -0.15) is 0 Å². The van der Waals surface area contributed by atoms with Crippen molar-refractivity contribution in [3.8, 4) is 0 Å². The van der Waals surface area contributed by atoms with E-state index in [1.54, 1.807) is 18.6 Å². The smallest absolute Gasteiger partial charge is 0.289 e. The van der Waals surface area contributed by atoms with Crippen LogP contribution in [0.2, 0.25) is 0 Å². The number of aryl methyl sites for hydroxylation is 2. The molecule has 2 fully saturated rings. The predicted octanol–water partition coefficient (Wildman–Crippen LogP) is 1.86. The lowest BCUT2D eigenvalue weighted by molar-refractivity contribution is -0.139. The van der Waals surface area contributed by atoms with Crippen molar-refractivity contribution in [3.63, 3.8) is 0 Å². The second-order valence-corrected chi connectivity index (χ2v) is 8.14. The molecule has 0 unspecified atom stereocenters. The number of piperidine rings is 2. The van der Waals surface area contributed by atoms with Gasteiger partial charge in [-0.1, -0.05) is 0 Å². The van der Waals surface area contributed by atoms with Gasteiger partial charge in [-0.15, -0.1) is 0 Å². The summed E-state index contributed by atoms with van der Waals surface area (Å²) in [6.45, 7) is 6.31. The first kappa shape index (κ1) is 18.6. The normalized spacial score (nSPS) is 22.7. The first-order chi connectivity index (χ1) is 13.4. The van der Waals surface area contributed by atoms with Crippen LogP contribution in [0.15, 0.2) is 18.6 Å². The number of imidazole rings is 1. The van der Waals surface area contributed by atoms with Crippen molar-refractivity contribution < 1.29 is 9.59 Å². The van der Waals surface area contributed by atoms with E-state index in [1.165, 1.54) is 0 Å². The lowest BCUT2D eigenvalue weighted by Gasteiger charge is -2.48. The summed E-state index contributed by atoms with van der Waals surface area (Å²) in [4.78, 5) is 45.0. The number of nitrogens with zero attached hydrogens (tertiary/aromatic N) is 5. The summed E-state index contributed by atoms with van der Waals surface area (Å²) in [7, 11) is 0. The fraction of sp³-hybridized carbons (Fsp3) is 0.550. The molecule has 1 atom stereocenters. The van der Waals surface area contributed by atoms with E-state index in [0.29, 0.717) is 31.9 Å². The minimum atomic E-state index is -0.0555. The van der Waals surface area contributed by atoms with E-state index in [-0.39, 0.29) is 17.2 Å². The monoisotopic (exact) mass is 382 g/mol. The molecule has 8 nitrogen and oxygen atoms in total. The highest BCUT2D eigenvalue weighted by atomic mass is 16.2. The zero-order valence-corrected chi connectivity index (χ0v) is 16.4. The largest absolute Gasteiger partial charge is 0.338 e. The van der Waals surface area contributed by atoms with Gasteiger partial charge in [-0.05, 0) is 33.1 Å². The molecule has 0 radical (unpaired) electrons. The van der Waals surface area contributed by atoms with Gasteiger partial charge in [-0.25, -0.2) is 4.98 Å². The van der Waals surface area contributed by atoms with Crippen molar-refractivity contribution in [1.82, 2.24) is 29.7 Å². The van der Waals surface area contributed by atoms with Crippen LogP contribution < -0.4 is 0 Å². The third kappa shape index (κ3) is 3.76. The maximum atomic E-state index is 12.8. The number of carbonyl (C=O) groups excluding carboxylic acids is 2. The number of amides is 2. The van der Waals surface area contributed by atoms with Crippen molar-refractivity contribution in [2.24, 2.45) is 5.41 Å². The lowest BCUT2D eigenvalue weighted by Crippen LogP contribution is -2.55. The lowest BCUT2D eigenvalue weighted by atomic mass is 9.73. The van der Waals surface area contributed by atoms with E-state index in [9.17, 15) is 9.59 Å². The molecule has 0 bridgehead atoms. The molecule has 2 aromatic heterocycles. The Balaban J connectivity index is 1.47. The van der Waals surface area contributed by atoms with Gasteiger partial charge in [-0.3, -0.25) is 19.6 Å². The fourth-order valence-electron chi connectivity index (χ4n) is 4.33. The van der Waals surface area contributed by atoms with Gasteiger partial charge >= 0.3 is 0 Å². The summed E-state index contributed by atoms with van der Waals surface area (Å²) in [6.07, 6.45) is 8.45. The molecular formula is C20H26N6O2. The second-order valence-electron chi connectivity index (χ2n) is 8.14. The Hall–Kier alpha value is -2.77. The van der Waals surface area contributed by atoms with Crippen molar-refractivity contribution in [2.75, 3.05) is 19.6 Å². The van der Waals surface area contributed by atoms with Crippen LogP contribution in [0.25, 0.3) is 0 Å². The topological polar surface area (TPSA) is 95.1 Å². The van der Waals surface area contributed by atoms with E-state index in [2.05, 4.69) is 19.9 Å². The first-order valence-electron chi connectivity index (χ1n) is 9.80. The molecule has 1 N–H and O–H groups in total. The minimum Gasteiger partial charge on any atom is -0.338 e. The van der Waals surface area contributed by atoms with Gasteiger partial charge in [0.25, 0.3) is 5.91 Å². The second kappa shape index (κ2) is 7.33. The highest BCUT2D eigenvalue weighted by Crippen LogP contribution is 2.39. The number of nitrogens with one attached hydrogen (secondary N) is 1. The van der Waals surface area contributed by atoms with Crippen LogP contribution in [0.3, 0.4) is 0 Å². The third-order valence-corrected chi connectivity index (χ3v) is 5.79. The quantitative estimate of drug-likeness (QED) is 0.874. The van der Waals surface area contributed by atoms with Gasteiger partial charge in [0.2, 0.25) is 5.91 Å². The first-order valence-corrected chi connectivity index (χ1v) is 9.80. The van der Waals surface area contributed by atoms with Crippen LogP contribution in [0, 0.1) is 19.3 Å². The Morgan fingerprint density at radius 1 is 1.14 bits per heavy atom. The van der Waals surface area contributed by atoms with E-state index in [1.807, 2.05) is 23.6 Å². The Morgan fingerprint density at radius 3 is 2.71 bits per heavy atom. The number of carbonyl (C=O) groups is 2. The highest BCUT2D eigenvalue weighted by molar-refractivity contribution is 5.90. The molecule has 0 aromatic carbocycles. The van der Waals surface area contributed by atoms with Crippen LogP contribution in [-0.4, -0.2) is 61.2 Å². The summed E-state index contributed by atoms with van der Waals surface area (Å²) in [6, 6.07) is 0. The molecule has 4 rings (SSSR count). The predicted molar refractivity (Wildman–Crippen MR) is 102 cm³/mol. The standard InChI is InChI=1S/C20H26N6O2/c1-14-8-22-16(10-21-14)11-26-13-20(6-4-17(26)27)5-3-7-25(12-20)19(28)18-23-9-15(2)24-18/h8-10H,3-7,11-13H2,1-2H3,(H,23,24)/t20-/m1/s1. The van der Waals surface area contributed by atoms with E-state index in [0.717, 1.165) is 42.9 Å². The summed E-state index contributed by atoms with van der Waals surface area (Å²) >= 11 is 0. The molecule has 0 aliphatic carbocycles. The van der Waals surface area contributed by atoms with Gasteiger partial charge in [0, 0.05) is 49.6 Å². The van der Waals surface area contributed by atoms with Crippen molar-refractivity contribution >= 4 is 11.8 Å². The van der Waals surface area contributed by atoms with Crippen LogP contribution >= 0.6 is 0 Å². The van der Waals surface area contributed by atoms with Crippen LogP contribution in [0.1, 0.15) is 53.4 Å². The SMILES string of the molecule is Cc1cnc(CN2C[C@]3(CCCN(C(=O)c4ncc(C)[nH]4)C3)CCC2=O)cn1. The molecule has 2 saturated heterocycles. The summed E-state index contributed by atoms with van der Waals surface area (Å²) in [5.74, 6) is 0.492. The van der Waals surface area contributed by atoms with Gasteiger partial charge in [0.05, 0.1) is 24.1 Å². The molecule has 1 spiro atoms. The molecule has 8 heteroatoms. The summed E-state index contributed by atoms with van der Waals surface area (Å²) < 4.78 is 0. The number of likely N-dealkylation sites (tertiary alicyclic amines) is 2. The number of hydrogen-bond donors (Lipinski definition) is 1. The van der Waals surface area contributed by atoms with Crippen LogP contribution in [0.4, 0.5) is 0 Å².